The zero-order valence-corrected chi connectivity index (χ0v) is 11.4. The summed E-state index contributed by atoms with van der Waals surface area (Å²) in [5, 5.41) is 19.9. The Morgan fingerprint density at radius 1 is 1.48 bits per heavy atom. The lowest BCUT2D eigenvalue weighted by Crippen LogP contribution is -2.40. The molecular weight excluding hydrogens is 307 g/mol. The molecule has 0 bridgehead atoms. The summed E-state index contributed by atoms with van der Waals surface area (Å²) in [6.45, 7) is -0.0478. The van der Waals surface area contributed by atoms with Crippen LogP contribution in [0, 0.1) is 15.9 Å². The van der Waals surface area contributed by atoms with E-state index < -0.39 is 43.4 Å². The fourth-order valence-electron chi connectivity index (χ4n) is 2.25. The molecule has 1 atom stereocenters. The Balaban J connectivity index is 2.54. The van der Waals surface area contributed by atoms with Gasteiger partial charge in [-0.1, -0.05) is 0 Å². The molecule has 0 saturated carbocycles. The molecule has 8 nitrogen and oxygen atoms in total. The van der Waals surface area contributed by atoms with Crippen LogP contribution in [0.15, 0.2) is 23.1 Å². The van der Waals surface area contributed by atoms with Gasteiger partial charge in [0, 0.05) is 6.54 Å². The highest BCUT2D eigenvalue weighted by Crippen LogP contribution is 2.31. The first kappa shape index (κ1) is 15.3. The molecular formula is C11H11FN2O6S. The van der Waals surface area contributed by atoms with Crippen LogP contribution in [0.4, 0.5) is 10.1 Å². The summed E-state index contributed by atoms with van der Waals surface area (Å²) in [6, 6.07) is 0.796. The molecule has 1 aliphatic rings. The molecule has 0 aromatic heterocycles. The van der Waals surface area contributed by atoms with E-state index in [1.165, 1.54) is 0 Å². The number of nitrogens with zero attached hydrogens (tertiary/aromatic N) is 2. The molecule has 0 radical (unpaired) electrons. The predicted molar refractivity (Wildman–Crippen MR) is 67.6 cm³/mol. The highest BCUT2D eigenvalue weighted by atomic mass is 32.2. The number of hydrogen-bond acceptors (Lipinski definition) is 5. The standard InChI is InChI=1S/C11H11FN2O6S/c12-7-3-4-10(9(6-7)14(17)18)21(19,20)13-5-1-2-8(13)11(15)16/h3-4,6,8H,1-2,5H2,(H,15,16)/t8-/m0/s1. The molecule has 1 saturated heterocycles. The van der Waals surface area contributed by atoms with Gasteiger partial charge in [-0.3, -0.25) is 14.9 Å². The molecule has 0 aliphatic carbocycles. The van der Waals surface area contributed by atoms with E-state index in [0.717, 1.165) is 12.1 Å². The van der Waals surface area contributed by atoms with E-state index in [4.69, 9.17) is 5.11 Å². The average Bonchev–Trinajstić information content (AvgIpc) is 2.88. The van der Waals surface area contributed by atoms with Crippen LogP contribution >= 0.6 is 0 Å². The van der Waals surface area contributed by atoms with Gasteiger partial charge in [0.1, 0.15) is 11.9 Å². The maximum Gasteiger partial charge on any atom is 0.322 e. The van der Waals surface area contributed by atoms with Gasteiger partial charge < -0.3 is 5.11 Å². The van der Waals surface area contributed by atoms with Gasteiger partial charge in [0.05, 0.1) is 11.0 Å². The molecule has 1 aliphatic heterocycles. The zero-order valence-electron chi connectivity index (χ0n) is 10.6. The smallest absolute Gasteiger partial charge is 0.322 e. The molecule has 1 heterocycles. The van der Waals surface area contributed by atoms with E-state index in [0.29, 0.717) is 16.8 Å². The van der Waals surface area contributed by atoms with E-state index in [2.05, 4.69) is 0 Å². The lowest BCUT2D eigenvalue weighted by atomic mass is 10.2. The Kier molecular flexibility index (Phi) is 3.92. The highest BCUT2D eigenvalue weighted by molar-refractivity contribution is 7.89. The molecule has 21 heavy (non-hydrogen) atoms. The molecule has 0 unspecified atom stereocenters. The molecule has 114 valence electrons. The van der Waals surface area contributed by atoms with E-state index in [1.54, 1.807) is 0 Å². The molecule has 1 N–H and O–H groups in total. The third-order valence-corrected chi connectivity index (χ3v) is 5.15. The Morgan fingerprint density at radius 3 is 2.71 bits per heavy atom. The molecule has 2 rings (SSSR count). The highest BCUT2D eigenvalue weighted by Gasteiger charge is 2.42. The molecule has 1 fully saturated rings. The van der Waals surface area contributed by atoms with Gasteiger partial charge in [-0.05, 0) is 25.0 Å². The van der Waals surface area contributed by atoms with Crippen molar-refractivity contribution in [1.82, 2.24) is 4.31 Å². The van der Waals surface area contributed by atoms with Crippen molar-refractivity contribution in [3.05, 3.63) is 34.1 Å². The SMILES string of the molecule is O=C(O)[C@@H]1CCCN1S(=O)(=O)c1ccc(F)cc1[N+](=O)[O-]. The summed E-state index contributed by atoms with van der Waals surface area (Å²) in [7, 11) is -4.38. The van der Waals surface area contributed by atoms with Crippen LogP contribution in [0.3, 0.4) is 0 Å². The van der Waals surface area contributed by atoms with Crippen LogP contribution in [-0.2, 0) is 14.8 Å². The molecule has 1 aromatic rings. The number of aliphatic carboxylic acids is 1. The van der Waals surface area contributed by atoms with Crippen molar-refractivity contribution >= 4 is 21.7 Å². The summed E-state index contributed by atoms with van der Waals surface area (Å²) in [5.74, 6) is -2.27. The van der Waals surface area contributed by atoms with Crippen molar-refractivity contribution in [2.45, 2.75) is 23.8 Å². The maximum atomic E-state index is 13.1. The first-order valence-electron chi connectivity index (χ1n) is 5.93. The number of carbonyl (C=O) groups is 1. The normalized spacial score (nSPS) is 19.6. The van der Waals surface area contributed by atoms with Gasteiger partial charge in [-0.2, -0.15) is 4.31 Å². The van der Waals surface area contributed by atoms with E-state index in [1.807, 2.05) is 0 Å². The third-order valence-electron chi connectivity index (χ3n) is 3.19. The van der Waals surface area contributed by atoms with Gasteiger partial charge in [-0.15, -0.1) is 0 Å². The fraction of sp³-hybridized carbons (Fsp3) is 0.364. The van der Waals surface area contributed by atoms with Crippen LogP contribution in [0.2, 0.25) is 0 Å². The summed E-state index contributed by atoms with van der Waals surface area (Å²) in [5.41, 5.74) is -0.911. The van der Waals surface area contributed by atoms with Crippen molar-refractivity contribution < 1.29 is 27.6 Å². The Bertz CT molecular complexity index is 705. The Hall–Kier alpha value is -2.07. The van der Waals surface area contributed by atoms with E-state index >= 15 is 0 Å². The minimum Gasteiger partial charge on any atom is -0.480 e. The summed E-state index contributed by atoms with van der Waals surface area (Å²) in [4.78, 5) is 20.2. The maximum absolute atomic E-state index is 13.1. The second-order valence-corrected chi connectivity index (χ2v) is 6.34. The first-order chi connectivity index (χ1) is 9.75. The van der Waals surface area contributed by atoms with Crippen LogP contribution in [0.1, 0.15) is 12.8 Å². The van der Waals surface area contributed by atoms with Crippen LogP contribution < -0.4 is 0 Å². The summed E-state index contributed by atoms with van der Waals surface area (Å²) >= 11 is 0. The van der Waals surface area contributed by atoms with E-state index in [-0.39, 0.29) is 13.0 Å². The zero-order chi connectivity index (χ0) is 15.8. The van der Waals surface area contributed by atoms with Crippen LogP contribution in [0.5, 0.6) is 0 Å². The Morgan fingerprint density at radius 2 is 2.14 bits per heavy atom. The lowest BCUT2D eigenvalue weighted by Gasteiger charge is -2.20. The van der Waals surface area contributed by atoms with Crippen molar-refractivity contribution in [1.29, 1.82) is 0 Å². The van der Waals surface area contributed by atoms with Crippen molar-refractivity contribution in [3.8, 4) is 0 Å². The van der Waals surface area contributed by atoms with Gasteiger partial charge in [0.2, 0.25) is 0 Å². The quantitative estimate of drug-likeness (QED) is 0.653. The van der Waals surface area contributed by atoms with Crippen molar-refractivity contribution in [2.75, 3.05) is 6.54 Å². The monoisotopic (exact) mass is 318 g/mol. The summed E-state index contributed by atoms with van der Waals surface area (Å²) in [6.07, 6.45) is 0.467. The lowest BCUT2D eigenvalue weighted by molar-refractivity contribution is -0.388. The van der Waals surface area contributed by atoms with Gasteiger partial charge >= 0.3 is 5.97 Å². The van der Waals surface area contributed by atoms with E-state index in [9.17, 15) is 27.7 Å². The van der Waals surface area contributed by atoms with Crippen molar-refractivity contribution in [2.24, 2.45) is 0 Å². The number of rotatable bonds is 4. The average molecular weight is 318 g/mol. The molecule has 1 aromatic carbocycles. The fourth-order valence-corrected chi connectivity index (χ4v) is 4.04. The van der Waals surface area contributed by atoms with Crippen molar-refractivity contribution in [3.63, 3.8) is 0 Å². The topological polar surface area (TPSA) is 118 Å². The number of carboxylic acids is 1. The Labute approximate surface area is 119 Å². The van der Waals surface area contributed by atoms with Gasteiger partial charge in [0.15, 0.2) is 4.90 Å². The number of nitro benzene ring substituents is 1. The number of halogens is 1. The number of benzene rings is 1. The number of sulfonamides is 1. The first-order valence-corrected chi connectivity index (χ1v) is 7.37. The second kappa shape index (κ2) is 5.37. The van der Waals surface area contributed by atoms with Gasteiger partial charge in [-0.25, -0.2) is 12.8 Å². The third kappa shape index (κ3) is 2.72. The minimum atomic E-state index is -4.38. The summed E-state index contributed by atoms with van der Waals surface area (Å²) < 4.78 is 38.6. The largest absolute Gasteiger partial charge is 0.480 e. The van der Waals surface area contributed by atoms with Crippen LogP contribution in [0.25, 0.3) is 0 Å². The molecule has 10 heteroatoms. The number of carboxylic acid groups (broad SMARTS) is 1. The molecule has 0 amide bonds. The molecule has 0 spiro atoms. The number of hydrogen-bond donors (Lipinski definition) is 1. The minimum absolute atomic E-state index is 0.0478. The second-order valence-electron chi connectivity index (χ2n) is 4.48. The number of nitro groups is 1. The van der Waals surface area contributed by atoms with Crippen LogP contribution in [-0.4, -0.2) is 41.3 Å². The predicted octanol–water partition coefficient (Wildman–Crippen LogP) is 0.972. The van der Waals surface area contributed by atoms with Gasteiger partial charge in [0.25, 0.3) is 15.7 Å².